The van der Waals surface area contributed by atoms with Crippen LogP contribution >= 0.6 is 0 Å². The van der Waals surface area contributed by atoms with Crippen molar-refractivity contribution in [3.63, 3.8) is 0 Å². The molecule has 0 spiro atoms. The van der Waals surface area contributed by atoms with Gasteiger partial charge in [-0.3, -0.25) is 9.80 Å². The van der Waals surface area contributed by atoms with Crippen LogP contribution in [0.3, 0.4) is 0 Å². The van der Waals surface area contributed by atoms with Crippen molar-refractivity contribution >= 4 is 23.7 Å². The van der Waals surface area contributed by atoms with E-state index in [9.17, 15) is 9.59 Å². The van der Waals surface area contributed by atoms with Gasteiger partial charge in [-0.2, -0.15) is 0 Å². The second-order valence-electron chi connectivity index (χ2n) is 13.3. The Morgan fingerprint density at radius 1 is 0.596 bits per heavy atom. The van der Waals surface area contributed by atoms with E-state index in [1.165, 1.54) is 0 Å². The smallest absolute Gasteiger partial charge is 0.325 e. The molecule has 0 atom stereocenters. The van der Waals surface area contributed by atoms with Crippen LogP contribution in [0.4, 0.5) is 21.2 Å². The average Bonchev–Trinajstić information content (AvgIpc) is 3.07. The summed E-state index contributed by atoms with van der Waals surface area (Å²) in [6.45, 7) is 11.3. The number of rotatable bonds is 2. The van der Waals surface area contributed by atoms with Gasteiger partial charge in [0.1, 0.15) is 11.6 Å². The van der Waals surface area contributed by atoms with Crippen molar-refractivity contribution in [3.05, 3.63) is 120 Å². The fourth-order valence-corrected chi connectivity index (χ4v) is 5.36. The van der Waals surface area contributed by atoms with E-state index in [1.54, 1.807) is 27.1 Å². The number of nitrogens with zero attached hydrogens (tertiary/aromatic N) is 5. The summed E-state index contributed by atoms with van der Waals surface area (Å²) in [5.74, 6) is 13.7. The van der Waals surface area contributed by atoms with Crippen molar-refractivity contribution < 1.29 is 9.59 Å². The highest BCUT2D eigenvalue weighted by Crippen LogP contribution is 2.28. The van der Waals surface area contributed by atoms with Crippen LogP contribution in [0.5, 0.6) is 0 Å². The van der Waals surface area contributed by atoms with Crippen molar-refractivity contribution in [3.8, 4) is 23.7 Å². The van der Waals surface area contributed by atoms with Crippen LogP contribution in [-0.2, 0) is 0 Å². The van der Waals surface area contributed by atoms with E-state index in [0.29, 0.717) is 31.3 Å². The van der Waals surface area contributed by atoms with Crippen molar-refractivity contribution in [1.82, 2.24) is 20.2 Å². The first-order chi connectivity index (χ1) is 22.5. The first-order valence-corrected chi connectivity index (χ1v) is 15.6. The highest BCUT2D eigenvalue weighted by molar-refractivity contribution is 5.92. The summed E-state index contributed by atoms with van der Waals surface area (Å²) in [6, 6.07) is 27.1. The molecule has 47 heavy (non-hydrogen) atoms. The van der Waals surface area contributed by atoms with E-state index < -0.39 is 0 Å². The van der Waals surface area contributed by atoms with Crippen molar-refractivity contribution in [1.29, 1.82) is 0 Å². The molecule has 0 bridgehead atoms. The Morgan fingerprint density at radius 3 is 1.55 bits per heavy atom. The summed E-state index contributed by atoms with van der Waals surface area (Å²) in [7, 11) is 1.83. The van der Waals surface area contributed by atoms with Crippen LogP contribution in [0.25, 0.3) is 0 Å². The number of pyridine rings is 2. The number of amides is 4. The van der Waals surface area contributed by atoms with E-state index >= 15 is 0 Å². The van der Waals surface area contributed by atoms with Crippen molar-refractivity contribution in [2.75, 3.05) is 43.0 Å². The van der Waals surface area contributed by atoms with Gasteiger partial charge in [-0.05, 0) is 48.5 Å². The Balaban J connectivity index is 0.000000185. The Labute approximate surface area is 277 Å². The highest BCUT2D eigenvalue weighted by atomic mass is 16.2. The molecule has 2 fully saturated rings. The average molecular weight is 625 g/mol. The van der Waals surface area contributed by atoms with Crippen molar-refractivity contribution in [2.45, 2.75) is 27.7 Å². The Kier molecular flexibility index (Phi) is 9.92. The number of aromatic nitrogens is 2. The second kappa shape index (κ2) is 14.2. The fourth-order valence-electron chi connectivity index (χ4n) is 5.36. The van der Waals surface area contributed by atoms with Crippen LogP contribution in [-0.4, -0.2) is 60.2 Å². The molecule has 0 saturated carbocycles. The van der Waals surface area contributed by atoms with Crippen LogP contribution in [0.15, 0.2) is 97.3 Å². The summed E-state index contributed by atoms with van der Waals surface area (Å²) in [5.41, 5.74) is 3.66. The predicted molar refractivity (Wildman–Crippen MR) is 187 cm³/mol. The molecule has 4 aromatic rings. The number of hydrogen-bond donors (Lipinski definition) is 1. The lowest BCUT2D eigenvalue weighted by molar-refractivity contribution is 0.166. The van der Waals surface area contributed by atoms with Gasteiger partial charge in [-0.25, -0.2) is 19.6 Å². The Hall–Kier alpha value is -5.60. The molecule has 6 rings (SSSR count). The largest absolute Gasteiger partial charge is 0.337 e. The first kappa shape index (κ1) is 32.8. The Bertz CT molecular complexity index is 1810. The fraction of sp³-hybridized carbons (Fsp3) is 0.282. The zero-order valence-electron chi connectivity index (χ0n) is 27.6. The number of urea groups is 2. The summed E-state index contributed by atoms with van der Waals surface area (Å²) < 4.78 is 0. The number of anilines is 2. The third-order valence-corrected chi connectivity index (χ3v) is 7.66. The van der Waals surface area contributed by atoms with Gasteiger partial charge in [0.05, 0.1) is 0 Å². The molecule has 4 amide bonds. The van der Waals surface area contributed by atoms with Crippen molar-refractivity contribution in [2.24, 2.45) is 10.8 Å². The molecule has 1 N–H and O–H groups in total. The summed E-state index contributed by atoms with van der Waals surface area (Å²) in [5, 5.41) is 2.90. The van der Waals surface area contributed by atoms with E-state index in [2.05, 4.69) is 66.7 Å². The molecular formula is C39H40N6O2. The van der Waals surface area contributed by atoms with E-state index in [1.807, 2.05) is 92.0 Å². The monoisotopic (exact) mass is 624 g/mol. The number of nitrogens with one attached hydrogen (secondary N) is 1. The maximum atomic E-state index is 12.4. The van der Waals surface area contributed by atoms with Gasteiger partial charge >= 0.3 is 12.1 Å². The molecule has 4 heterocycles. The molecule has 2 aromatic heterocycles. The van der Waals surface area contributed by atoms with Gasteiger partial charge in [-0.15, -0.1) is 0 Å². The zero-order chi connectivity index (χ0) is 33.4. The number of carbonyl (C=O) groups excluding carboxylic acids is 2. The summed E-state index contributed by atoms with van der Waals surface area (Å²) in [4.78, 5) is 38.4. The van der Waals surface area contributed by atoms with Gasteiger partial charge in [0.2, 0.25) is 0 Å². The highest BCUT2D eigenvalue weighted by Gasteiger charge is 2.36. The number of carbonyl (C=O) groups is 2. The quantitative estimate of drug-likeness (QED) is 0.261. The van der Waals surface area contributed by atoms with Gasteiger partial charge in [0.15, 0.2) is 0 Å². The zero-order valence-corrected chi connectivity index (χ0v) is 27.6. The number of hydrogen-bond acceptors (Lipinski definition) is 4. The first-order valence-electron chi connectivity index (χ1n) is 15.6. The third-order valence-electron chi connectivity index (χ3n) is 7.66. The molecule has 238 valence electrons. The molecule has 2 aliphatic heterocycles. The number of benzene rings is 2. The molecular weight excluding hydrogens is 584 g/mol. The van der Waals surface area contributed by atoms with Gasteiger partial charge in [-0.1, -0.05) is 87.8 Å². The lowest BCUT2D eigenvalue weighted by Gasteiger charge is -2.42. The lowest BCUT2D eigenvalue weighted by Crippen LogP contribution is -2.55. The molecule has 8 heteroatoms. The maximum Gasteiger partial charge on any atom is 0.325 e. The molecule has 2 aliphatic rings. The SMILES string of the molecule is CC1(C)CNC(=O)N(c2ccc(C#Cc3ccccc3)cn2)C1.CN1CC(C)(C)CN(c2ccc(C#Cc3ccccc3)cn2)C1=O. The standard InChI is InChI=1S/C20H21N3O.C19H19N3O/c1-20(2)14-22(3)19(24)23(15-20)18-12-11-17(13-21-18)10-9-16-7-5-4-6-8-16;1-19(2)13-21-18(23)22(14-19)17-11-10-16(12-20-17)9-8-15-6-4-3-5-7-15/h4-8,11-13H,14-15H2,1-3H3;3-7,10-12H,13-14H2,1-2H3,(H,21,23). The van der Waals surface area contributed by atoms with Crippen LogP contribution < -0.4 is 15.1 Å². The maximum absolute atomic E-state index is 12.4. The van der Waals surface area contributed by atoms with Gasteiger partial charge < -0.3 is 10.2 Å². The van der Waals surface area contributed by atoms with Gasteiger partial charge in [0.25, 0.3) is 0 Å². The molecule has 0 radical (unpaired) electrons. The Morgan fingerprint density at radius 2 is 1.06 bits per heavy atom. The van der Waals surface area contributed by atoms with E-state index in [0.717, 1.165) is 28.8 Å². The predicted octanol–water partition coefficient (Wildman–Crippen LogP) is 6.42. The molecule has 2 saturated heterocycles. The minimum Gasteiger partial charge on any atom is -0.337 e. The van der Waals surface area contributed by atoms with Gasteiger partial charge in [0, 0.05) is 78.7 Å². The second-order valence-corrected chi connectivity index (χ2v) is 13.3. The topological polar surface area (TPSA) is 81.7 Å². The third kappa shape index (κ3) is 8.99. The molecule has 8 nitrogen and oxygen atoms in total. The molecule has 2 aromatic carbocycles. The normalized spacial score (nSPS) is 16.4. The minimum absolute atomic E-state index is 0.00931. The summed E-state index contributed by atoms with van der Waals surface area (Å²) in [6.07, 6.45) is 3.43. The minimum atomic E-state index is -0.0973. The van der Waals surface area contributed by atoms with Crippen LogP contribution in [0.2, 0.25) is 0 Å². The van der Waals surface area contributed by atoms with E-state index in [4.69, 9.17) is 0 Å². The van der Waals surface area contributed by atoms with Crippen LogP contribution in [0.1, 0.15) is 49.9 Å². The summed E-state index contributed by atoms with van der Waals surface area (Å²) >= 11 is 0. The van der Waals surface area contributed by atoms with Crippen LogP contribution in [0, 0.1) is 34.5 Å². The molecule has 0 aliphatic carbocycles. The molecule has 0 unspecified atom stereocenters. The van der Waals surface area contributed by atoms with E-state index in [-0.39, 0.29) is 22.9 Å². The lowest BCUT2D eigenvalue weighted by atomic mass is 9.90.